The summed E-state index contributed by atoms with van der Waals surface area (Å²) >= 11 is 0. The van der Waals surface area contributed by atoms with Crippen molar-refractivity contribution in [2.75, 3.05) is 20.8 Å². The van der Waals surface area contributed by atoms with Crippen LogP contribution in [0.3, 0.4) is 0 Å². The van der Waals surface area contributed by atoms with Gasteiger partial charge in [0.15, 0.2) is 0 Å². The van der Waals surface area contributed by atoms with Gasteiger partial charge in [-0.05, 0) is 38.0 Å². The van der Waals surface area contributed by atoms with Crippen LogP contribution in [0, 0.1) is 0 Å². The van der Waals surface area contributed by atoms with Crippen molar-refractivity contribution < 1.29 is 19.0 Å². The summed E-state index contributed by atoms with van der Waals surface area (Å²) in [5.74, 6) is 1.31. The molecule has 2 rings (SSSR count). The number of nitrogens with two attached hydrogens (primary N) is 1. The van der Waals surface area contributed by atoms with Gasteiger partial charge in [-0.1, -0.05) is 0 Å². The van der Waals surface area contributed by atoms with Crippen molar-refractivity contribution >= 4 is 18.3 Å². The van der Waals surface area contributed by atoms with Crippen molar-refractivity contribution in [1.29, 1.82) is 0 Å². The molecule has 1 aromatic rings. The maximum atomic E-state index is 12.3. The molecular weight excluding hydrogens is 320 g/mol. The van der Waals surface area contributed by atoms with Crippen molar-refractivity contribution in [3.8, 4) is 11.5 Å². The number of hydrogen-bond acceptors (Lipinski definition) is 5. The highest BCUT2D eigenvalue weighted by molar-refractivity contribution is 5.85. The van der Waals surface area contributed by atoms with E-state index in [2.05, 4.69) is 5.32 Å². The summed E-state index contributed by atoms with van der Waals surface area (Å²) in [5.41, 5.74) is 6.44. The number of rotatable bonds is 6. The zero-order valence-corrected chi connectivity index (χ0v) is 14.5. The van der Waals surface area contributed by atoms with Crippen LogP contribution in [0.5, 0.6) is 11.5 Å². The van der Waals surface area contributed by atoms with E-state index in [1.807, 2.05) is 25.1 Å². The number of carbonyl (C=O) groups excluding carboxylic acids is 1. The van der Waals surface area contributed by atoms with Crippen LogP contribution in [0.15, 0.2) is 18.2 Å². The molecule has 6 nitrogen and oxygen atoms in total. The lowest BCUT2D eigenvalue weighted by Crippen LogP contribution is -2.37. The first-order chi connectivity index (χ1) is 10.6. The van der Waals surface area contributed by atoms with E-state index in [1.165, 1.54) is 0 Å². The quantitative estimate of drug-likeness (QED) is 0.822. The van der Waals surface area contributed by atoms with Crippen molar-refractivity contribution in [2.24, 2.45) is 5.73 Å². The fraction of sp³-hybridized carbons (Fsp3) is 0.562. The minimum atomic E-state index is -0.424. The van der Waals surface area contributed by atoms with Gasteiger partial charge in [-0.25, -0.2) is 0 Å². The normalized spacial score (nSPS) is 21.2. The summed E-state index contributed by atoms with van der Waals surface area (Å²) in [4.78, 5) is 12.3. The van der Waals surface area contributed by atoms with Crippen LogP contribution in [-0.2, 0) is 9.53 Å². The number of halogens is 1. The Labute approximate surface area is 143 Å². The molecule has 0 saturated carbocycles. The molecule has 1 aliphatic heterocycles. The molecule has 1 saturated heterocycles. The van der Waals surface area contributed by atoms with Crippen LogP contribution in [0.25, 0.3) is 0 Å². The number of hydrogen-bond donors (Lipinski definition) is 2. The molecular formula is C16H25ClN2O4. The van der Waals surface area contributed by atoms with Crippen LogP contribution < -0.4 is 20.5 Å². The van der Waals surface area contributed by atoms with E-state index in [0.717, 1.165) is 17.7 Å². The fourth-order valence-electron chi connectivity index (χ4n) is 2.63. The molecule has 3 N–H and O–H groups in total. The molecule has 0 aromatic heterocycles. The highest BCUT2D eigenvalue weighted by Crippen LogP contribution is 2.29. The van der Waals surface area contributed by atoms with E-state index >= 15 is 0 Å². The number of amides is 1. The Morgan fingerprint density at radius 1 is 1.39 bits per heavy atom. The predicted molar refractivity (Wildman–Crippen MR) is 90.3 cm³/mol. The number of benzene rings is 1. The van der Waals surface area contributed by atoms with Crippen LogP contribution in [0.4, 0.5) is 0 Å². The average molecular weight is 345 g/mol. The number of ether oxygens (including phenoxy) is 3. The van der Waals surface area contributed by atoms with Gasteiger partial charge >= 0.3 is 0 Å². The Morgan fingerprint density at radius 2 is 2.13 bits per heavy atom. The van der Waals surface area contributed by atoms with Gasteiger partial charge in [0, 0.05) is 12.1 Å². The number of carbonyl (C=O) groups is 1. The van der Waals surface area contributed by atoms with E-state index in [0.29, 0.717) is 18.7 Å². The van der Waals surface area contributed by atoms with Crippen LogP contribution in [0.1, 0.15) is 31.4 Å². The molecule has 0 bridgehead atoms. The Bertz CT molecular complexity index is 527. The summed E-state index contributed by atoms with van der Waals surface area (Å²) in [5, 5.41) is 2.97. The molecule has 1 aliphatic rings. The number of methoxy groups -OCH3 is 2. The van der Waals surface area contributed by atoms with Crippen molar-refractivity contribution in [1.82, 2.24) is 5.32 Å². The Hall–Kier alpha value is -1.50. The average Bonchev–Trinajstić information content (AvgIpc) is 3.03. The lowest BCUT2D eigenvalue weighted by atomic mass is 10.1. The standard InChI is InChI=1S/C16H24N2O4.ClH/c1-10(13-8-11(20-2)4-6-14(13)21-3)18-16(19)15-7-5-12(9-17)22-15;/h4,6,8,10,12,15H,5,7,9,17H2,1-3H3,(H,18,19);1H/t10?,12-,15+;/m1./s1. The molecule has 1 unspecified atom stereocenters. The number of nitrogens with one attached hydrogen (secondary N) is 1. The SMILES string of the molecule is COc1ccc(OC)c(C(C)NC(=O)[C@@H]2CC[C@H](CN)O2)c1.Cl. The third-order valence-corrected chi connectivity index (χ3v) is 3.93. The Balaban J connectivity index is 0.00000264. The predicted octanol–water partition coefficient (Wildman–Crippen LogP) is 1.81. The van der Waals surface area contributed by atoms with Crippen molar-refractivity contribution in [2.45, 2.75) is 38.0 Å². The lowest BCUT2D eigenvalue weighted by Gasteiger charge is -2.20. The van der Waals surface area contributed by atoms with Crippen LogP contribution in [0.2, 0.25) is 0 Å². The maximum absolute atomic E-state index is 12.3. The third-order valence-electron chi connectivity index (χ3n) is 3.93. The zero-order valence-electron chi connectivity index (χ0n) is 13.7. The van der Waals surface area contributed by atoms with Gasteiger partial charge in [-0.15, -0.1) is 12.4 Å². The van der Waals surface area contributed by atoms with E-state index < -0.39 is 6.10 Å². The molecule has 1 fully saturated rings. The lowest BCUT2D eigenvalue weighted by molar-refractivity contribution is -0.132. The second-order valence-corrected chi connectivity index (χ2v) is 5.40. The van der Waals surface area contributed by atoms with Gasteiger partial charge in [0.1, 0.15) is 17.6 Å². The molecule has 130 valence electrons. The van der Waals surface area contributed by atoms with Crippen molar-refractivity contribution in [3.63, 3.8) is 0 Å². The second kappa shape index (κ2) is 8.96. The zero-order chi connectivity index (χ0) is 16.1. The van der Waals surface area contributed by atoms with Crippen molar-refractivity contribution in [3.05, 3.63) is 23.8 Å². The smallest absolute Gasteiger partial charge is 0.249 e. The van der Waals surface area contributed by atoms with E-state index in [9.17, 15) is 4.79 Å². The van der Waals surface area contributed by atoms with Crippen LogP contribution in [-0.4, -0.2) is 38.9 Å². The fourth-order valence-corrected chi connectivity index (χ4v) is 2.63. The molecule has 1 aromatic carbocycles. The molecule has 0 radical (unpaired) electrons. The third kappa shape index (κ3) is 4.73. The highest BCUT2D eigenvalue weighted by Gasteiger charge is 2.30. The van der Waals surface area contributed by atoms with E-state index in [4.69, 9.17) is 19.9 Å². The summed E-state index contributed by atoms with van der Waals surface area (Å²) in [7, 11) is 3.21. The first-order valence-corrected chi connectivity index (χ1v) is 7.46. The van der Waals surface area contributed by atoms with Gasteiger partial charge < -0.3 is 25.3 Å². The second-order valence-electron chi connectivity index (χ2n) is 5.40. The van der Waals surface area contributed by atoms with Gasteiger partial charge in [0.2, 0.25) is 5.91 Å². The summed E-state index contributed by atoms with van der Waals surface area (Å²) in [6, 6.07) is 5.30. The molecule has 7 heteroatoms. The minimum Gasteiger partial charge on any atom is -0.497 e. The summed E-state index contributed by atoms with van der Waals surface area (Å²) in [6.07, 6.45) is 1.09. The summed E-state index contributed by atoms with van der Waals surface area (Å²) in [6.45, 7) is 2.35. The topological polar surface area (TPSA) is 82.8 Å². The van der Waals surface area contributed by atoms with Gasteiger partial charge in [-0.3, -0.25) is 4.79 Å². The van der Waals surface area contributed by atoms with E-state index in [-0.39, 0.29) is 30.5 Å². The molecule has 0 aliphatic carbocycles. The molecule has 0 spiro atoms. The molecule has 3 atom stereocenters. The largest absolute Gasteiger partial charge is 0.497 e. The van der Waals surface area contributed by atoms with E-state index in [1.54, 1.807) is 14.2 Å². The maximum Gasteiger partial charge on any atom is 0.249 e. The Morgan fingerprint density at radius 3 is 2.70 bits per heavy atom. The molecule has 1 heterocycles. The molecule has 1 amide bonds. The first-order valence-electron chi connectivity index (χ1n) is 7.46. The van der Waals surface area contributed by atoms with Crippen LogP contribution >= 0.6 is 12.4 Å². The Kier molecular flexibility index (Phi) is 7.61. The summed E-state index contributed by atoms with van der Waals surface area (Å²) < 4.78 is 16.2. The first kappa shape index (κ1) is 19.5. The molecule has 23 heavy (non-hydrogen) atoms. The highest BCUT2D eigenvalue weighted by atomic mass is 35.5. The monoisotopic (exact) mass is 344 g/mol. The van der Waals surface area contributed by atoms with Gasteiger partial charge in [0.25, 0.3) is 0 Å². The minimum absolute atomic E-state index is 0. The van der Waals surface area contributed by atoms with Gasteiger partial charge in [-0.2, -0.15) is 0 Å². The van der Waals surface area contributed by atoms with Gasteiger partial charge in [0.05, 0.1) is 26.4 Å².